The van der Waals surface area contributed by atoms with Crippen LogP contribution in [0.3, 0.4) is 0 Å². The van der Waals surface area contributed by atoms with Crippen molar-refractivity contribution in [2.45, 2.75) is 70.5 Å². The molecule has 0 bridgehead atoms. The fraction of sp³-hybridized carbons (Fsp3) is 0.867. The van der Waals surface area contributed by atoms with Crippen molar-refractivity contribution in [2.75, 3.05) is 6.54 Å². The summed E-state index contributed by atoms with van der Waals surface area (Å²) in [5, 5.41) is 2.94. The maximum Gasteiger partial charge on any atom is 0.246 e. The quantitative estimate of drug-likeness (QED) is 0.801. The number of carbonyl (C=O) groups is 2. The maximum absolute atomic E-state index is 12.0. The van der Waals surface area contributed by atoms with Crippen molar-refractivity contribution in [3.05, 3.63) is 0 Å². The number of amides is 2. The van der Waals surface area contributed by atoms with Crippen molar-refractivity contribution < 1.29 is 14.3 Å². The standard InChI is InChI=1S/C15H26N2O3/c1-15(7-3-2-4-8-15)9-13(18)17-10-11-5-6-12(20-11)14(16)19/h11-12H,2-10H2,1H3,(H2,16,19)(H,17,18)/t11-,12+/m1/s1. The molecule has 0 spiro atoms. The summed E-state index contributed by atoms with van der Waals surface area (Å²) in [5.74, 6) is -0.311. The normalized spacial score (nSPS) is 29.1. The molecule has 2 amide bonds. The van der Waals surface area contributed by atoms with Gasteiger partial charge in [-0.3, -0.25) is 9.59 Å². The van der Waals surface area contributed by atoms with Crippen LogP contribution in [-0.2, 0) is 14.3 Å². The minimum atomic E-state index is -0.479. The van der Waals surface area contributed by atoms with Gasteiger partial charge in [-0.25, -0.2) is 0 Å². The molecule has 1 aliphatic carbocycles. The van der Waals surface area contributed by atoms with E-state index in [4.69, 9.17) is 10.5 Å². The minimum absolute atomic E-state index is 0.0735. The van der Waals surface area contributed by atoms with Crippen molar-refractivity contribution in [1.82, 2.24) is 5.32 Å². The van der Waals surface area contributed by atoms with Gasteiger partial charge in [0.05, 0.1) is 6.10 Å². The van der Waals surface area contributed by atoms with Crippen LogP contribution >= 0.6 is 0 Å². The second-order valence-electron chi connectivity index (χ2n) is 6.58. The van der Waals surface area contributed by atoms with Crippen molar-refractivity contribution in [1.29, 1.82) is 0 Å². The third-order valence-electron chi connectivity index (χ3n) is 4.60. The monoisotopic (exact) mass is 282 g/mol. The van der Waals surface area contributed by atoms with Crippen molar-refractivity contribution in [3.63, 3.8) is 0 Å². The van der Waals surface area contributed by atoms with Crippen molar-refractivity contribution in [2.24, 2.45) is 11.1 Å². The van der Waals surface area contributed by atoms with Gasteiger partial charge in [0.1, 0.15) is 6.10 Å². The van der Waals surface area contributed by atoms with E-state index in [2.05, 4.69) is 12.2 Å². The molecular formula is C15H26N2O3. The van der Waals surface area contributed by atoms with Crippen LogP contribution in [0.5, 0.6) is 0 Å². The van der Waals surface area contributed by atoms with E-state index in [1.54, 1.807) is 0 Å². The Morgan fingerprint density at radius 1 is 1.25 bits per heavy atom. The molecule has 114 valence electrons. The molecule has 0 aromatic rings. The molecule has 1 saturated heterocycles. The molecule has 0 aromatic heterocycles. The van der Waals surface area contributed by atoms with Crippen LogP contribution < -0.4 is 11.1 Å². The molecule has 5 heteroatoms. The van der Waals surface area contributed by atoms with Gasteiger partial charge in [0.2, 0.25) is 11.8 Å². The third-order valence-corrected chi connectivity index (χ3v) is 4.60. The first-order valence-electron chi connectivity index (χ1n) is 7.70. The number of ether oxygens (including phenoxy) is 1. The summed E-state index contributed by atoms with van der Waals surface area (Å²) < 4.78 is 5.50. The van der Waals surface area contributed by atoms with E-state index in [9.17, 15) is 9.59 Å². The number of primary amides is 1. The predicted octanol–water partition coefficient (Wildman–Crippen LogP) is 1.50. The first-order chi connectivity index (χ1) is 9.48. The van der Waals surface area contributed by atoms with E-state index in [1.807, 2.05) is 0 Å². The first-order valence-corrected chi connectivity index (χ1v) is 7.70. The second-order valence-corrected chi connectivity index (χ2v) is 6.58. The zero-order valence-corrected chi connectivity index (χ0v) is 12.3. The molecule has 1 aliphatic heterocycles. The largest absolute Gasteiger partial charge is 0.367 e. The lowest BCUT2D eigenvalue weighted by molar-refractivity contribution is -0.129. The van der Waals surface area contributed by atoms with E-state index in [0.717, 1.165) is 19.3 Å². The summed E-state index contributed by atoms with van der Waals surface area (Å²) in [6, 6.07) is 0. The average molecular weight is 282 g/mol. The first kappa shape index (κ1) is 15.3. The van der Waals surface area contributed by atoms with Gasteiger partial charge in [0, 0.05) is 13.0 Å². The van der Waals surface area contributed by atoms with Crippen LogP contribution in [0.25, 0.3) is 0 Å². The molecule has 2 aliphatic rings. The van der Waals surface area contributed by atoms with Gasteiger partial charge in [0.15, 0.2) is 0 Å². The van der Waals surface area contributed by atoms with Gasteiger partial charge in [-0.05, 0) is 31.1 Å². The molecule has 0 aromatic carbocycles. The smallest absolute Gasteiger partial charge is 0.246 e. The Labute approximate surface area is 120 Å². The van der Waals surface area contributed by atoms with Crippen molar-refractivity contribution >= 4 is 11.8 Å². The highest BCUT2D eigenvalue weighted by molar-refractivity contribution is 5.79. The molecule has 1 saturated carbocycles. The minimum Gasteiger partial charge on any atom is -0.367 e. The Morgan fingerprint density at radius 2 is 1.95 bits per heavy atom. The fourth-order valence-electron chi connectivity index (χ4n) is 3.33. The number of hydrogen-bond donors (Lipinski definition) is 2. The zero-order chi connectivity index (χ0) is 14.6. The molecule has 0 radical (unpaired) electrons. The molecule has 3 N–H and O–H groups in total. The highest BCUT2D eigenvalue weighted by Gasteiger charge is 2.31. The van der Waals surface area contributed by atoms with E-state index in [0.29, 0.717) is 19.4 Å². The lowest BCUT2D eigenvalue weighted by Crippen LogP contribution is -2.37. The van der Waals surface area contributed by atoms with Crippen molar-refractivity contribution in [3.8, 4) is 0 Å². The summed E-state index contributed by atoms with van der Waals surface area (Å²) >= 11 is 0. The van der Waals surface area contributed by atoms with Crippen LogP contribution in [0.15, 0.2) is 0 Å². The van der Waals surface area contributed by atoms with Crippen LogP contribution in [0.2, 0.25) is 0 Å². The molecule has 2 rings (SSSR count). The Kier molecular flexibility index (Phi) is 5.02. The highest BCUT2D eigenvalue weighted by atomic mass is 16.5. The maximum atomic E-state index is 12.0. The van der Waals surface area contributed by atoms with Crippen LogP contribution in [0.1, 0.15) is 58.3 Å². The van der Waals surface area contributed by atoms with Crippen LogP contribution in [0.4, 0.5) is 0 Å². The third kappa shape index (κ3) is 4.20. The number of hydrogen-bond acceptors (Lipinski definition) is 3. The summed E-state index contributed by atoms with van der Waals surface area (Å²) in [6.45, 7) is 2.69. The molecule has 2 fully saturated rings. The molecule has 1 heterocycles. The number of rotatable bonds is 5. The van der Waals surface area contributed by atoms with Gasteiger partial charge in [0.25, 0.3) is 0 Å². The number of nitrogens with two attached hydrogens (primary N) is 1. The summed E-state index contributed by atoms with van der Waals surface area (Å²) in [4.78, 5) is 23.0. The average Bonchev–Trinajstić information content (AvgIpc) is 2.85. The van der Waals surface area contributed by atoms with Gasteiger partial charge in [-0.2, -0.15) is 0 Å². The molecule has 20 heavy (non-hydrogen) atoms. The predicted molar refractivity (Wildman–Crippen MR) is 75.9 cm³/mol. The number of nitrogens with one attached hydrogen (secondary N) is 1. The topological polar surface area (TPSA) is 81.4 Å². The van der Waals surface area contributed by atoms with Gasteiger partial charge >= 0.3 is 0 Å². The Hall–Kier alpha value is -1.10. The zero-order valence-electron chi connectivity index (χ0n) is 12.3. The van der Waals surface area contributed by atoms with E-state index < -0.39 is 12.0 Å². The highest BCUT2D eigenvalue weighted by Crippen LogP contribution is 2.38. The molecule has 2 atom stereocenters. The van der Waals surface area contributed by atoms with E-state index in [-0.39, 0.29) is 17.4 Å². The lowest BCUT2D eigenvalue weighted by Gasteiger charge is -2.33. The van der Waals surface area contributed by atoms with Gasteiger partial charge in [-0.1, -0.05) is 26.2 Å². The van der Waals surface area contributed by atoms with Crippen LogP contribution in [-0.4, -0.2) is 30.6 Å². The Balaban J connectivity index is 1.69. The molecule has 5 nitrogen and oxygen atoms in total. The Morgan fingerprint density at radius 3 is 2.55 bits per heavy atom. The molecular weight excluding hydrogens is 256 g/mol. The SMILES string of the molecule is CC1(CC(=O)NC[C@H]2CC[C@@H](C(N)=O)O2)CCCCC1. The van der Waals surface area contributed by atoms with E-state index in [1.165, 1.54) is 19.3 Å². The summed E-state index contributed by atoms with van der Waals surface area (Å²) in [5.41, 5.74) is 5.37. The second kappa shape index (κ2) is 6.57. The number of carbonyl (C=O) groups excluding carboxylic acids is 2. The lowest BCUT2D eigenvalue weighted by atomic mass is 9.73. The Bertz CT molecular complexity index is 364. The van der Waals surface area contributed by atoms with Gasteiger partial charge < -0.3 is 15.8 Å². The van der Waals surface area contributed by atoms with E-state index >= 15 is 0 Å². The summed E-state index contributed by atoms with van der Waals surface area (Å²) in [6.07, 6.45) is 7.53. The summed E-state index contributed by atoms with van der Waals surface area (Å²) in [7, 11) is 0. The molecule has 0 unspecified atom stereocenters. The fourth-order valence-corrected chi connectivity index (χ4v) is 3.33. The van der Waals surface area contributed by atoms with Gasteiger partial charge in [-0.15, -0.1) is 0 Å². The van der Waals surface area contributed by atoms with Crippen LogP contribution in [0, 0.1) is 5.41 Å².